The lowest BCUT2D eigenvalue weighted by atomic mass is 9.34. The average molecular weight is 796 g/mol. The highest BCUT2D eigenvalue weighted by molar-refractivity contribution is 6.31. The number of esters is 1. The first-order chi connectivity index (χ1) is 26.1. The molecule has 2 N–H and O–H groups in total. The third-order valence-corrected chi connectivity index (χ3v) is 17.1. The van der Waals surface area contributed by atoms with Gasteiger partial charge in [-0.15, -0.1) is 0 Å². The summed E-state index contributed by atoms with van der Waals surface area (Å²) in [6.45, 7) is 20.2. The summed E-state index contributed by atoms with van der Waals surface area (Å²) in [5.74, 6) is 0.271. The van der Waals surface area contributed by atoms with E-state index in [9.17, 15) is 24.6 Å². The number of aliphatic hydroxyl groups excluding tert-OH is 1. The van der Waals surface area contributed by atoms with Crippen LogP contribution in [0.4, 0.5) is 0 Å². The summed E-state index contributed by atoms with van der Waals surface area (Å²) < 4.78 is 6.09. The maximum atomic E-state index is 14.3. The predicted molar refractivity (Wildman–Crippen MR) is 222 cm³/mol. The van der Waals surface area contributed by atoms with E-state index in [-0.39, 0.29) is 52.3 Å². The molecule has 4 fully saturated rings. The van der Waals surface area contributed by atoms with E-state index in [4.69, 9.17) is 16.3 Å². The van der Waals surface area contributed by atoms with E-state index >= 15 is 0 Å². The lowest BCUT2D eigenvalue weighted by Gasteiger charge is -2.71. The number of ketones is 1. The van der Waals surface area contributed by atoms with Crippen LogP contribution in [0.2, 0.25) is 5.02 Å². The Hall–Kier alpha value is -2.26. The Morgan fingerprint density at radius 2 is 1.68 bits per heavy atom. The van der Waals surface area contributed by atoms with Crippen molar-refractivity contribution in [1.82, 2.24) is 9.80 Å². The van der Waals surface area contributed by atoms with E-state index in [1.165, 1.54) is 5.57 Å². The molecule has 0 bridgehead atoms. The van der Waals surface area contributed by atoms with Crippen LogP contribution in [0.5, 0.6) is 0 Å². The molecule has 0 aliphatic heterocycles. The summed E-state index contributed by atoms with van der Waals surface area (Å²) in [5.41, 5.74) is 1.74. The van der Waals surface area contributed by atoms with Crippen molar-refractivity contribution in [2.45, 2.75) is 138 Å². The van der Waals surface area contributed by atoms with Crippen molar-refractivity contribution in [2.75, 3.05) is 33.7 Å². The second-order valence-electron chi connectivity index (χ2n) is 20.8. The molecule has 1 aromatic carbocycles. The Kier molecular flexibility index (Phi) is 12.2. The Bertz CT molecular complexity index is 1710. The van der Waals surface area contributed by atoms with Gasteiger partial charge in [-0.05, 0) is 142 Å². The molecule has 0 heterocycles. The fourth-order valence-electron chi connectivity index (χ4n) is 13.4. The fraction of sp³-hybridized carbons (Fsp3) is 0.766. The molecule has 56 heavy (non-hydrogen) atoms. The molecule has 9 heteroatoms. The molecule has 312 valence electrons. The molecule has 8 nitrogen and oxygen atoms in total. The molecule has 0 spiro atoms. The molecule has 0 amide bonds. The van der Waals surface area contributed by atoms with Crippen molar-refractivity contribution in [2.24, 2.45) is 56.7 Å². The maximum absolute atomic E-state index is 14.3. The zero-order chi connectivity index (χ0) is 41.2. The summed E-state index contributed by atoms with van der Waals surface area (Å²) in [6.07, 6.45) is 7.25. The van der Waals surface area contributed by atoms with Crippen LogP contribution in [0.3, 0.4) is 0 Å². The fourth-order valence-corrected chi connectivity index (χ4v) is 13.6. The van der Waals surface area contributed by atoms with Crippen molar-refractivity contribution in [3.63, 3.8) is 0 Å². The number of hydrogen-bond acceptors (Lipinski definition) is 7. The molecule has 0 saturated heterocycles. The third kappa shape index (κ3) is 7.34. The number of rotatable bonds is 13. The van der Waals surface area contributed by atoms with Gasteiger partial charge in [0.25, 0.3) is 0 Å². The highest BCUT2D eigenvalue weighted by Crippen LogP contribution is 2.76. The van der Waals surface area contributed by atoms with Crippen LogP contribution in [0.25, 0.3) is 0 Å². The van der Waals surface area contributed by atoms with E-state index in [1.54, 1.807) is 13.8 Å². The zero-order valence-electron chi connectivity index (χ0n) is 36.1. The van der Waals surface area contributed by atoms with Crippen LogP contribution in [0.15, 0.2) is 35.4 Å². The first kappa shape index (κ1) is 43.3. The second kappa shape index (κ2) is 15.7. The van der Waals surface area contributed by atoms with Gasteiger partial charge < -0.3 is 19.8 Å². The van der Waals surface area contributed by atoms with Crippen molar-refractivity contribution in [3.05, 3.63) is 46.0 Å². The lowest BCUT2D eigenvalue weighted by molar-refractivity contribution is -0.218. The molecule has 1 aromatic rings. The van der Waals surface area contributed by atoms with Gasteiger partial charge in [-0.3, -0.25) is 19.3 Å². The topological polar surface area (TPSA) is 107 Å². The molecule has 6 rings (SSSR count). The van der Waals surface area contributed by atoms with Crippen LogP contribution >= 0.6 is 11.6 Å². The van der Waals surface area contributed by atoms with Crippen molar-refractivity contribution >= 4 is 29.3 Å². The minimum absolute atomic E-state index is 0.0235. The van der Waals surface area contributed by atoms with Crippen molar-refractivity contribution in [3.8, 4) is 0 Å². The summed E-state index contributed by atoms with van der Waals surface area (Å²) in [4.78, 5) is 43.6. The Labute approximate surface area is 342 Å². The summed E-state index contributed by atoms with van der Waals surface area (Å²) in [6, 6.07) is 7.97. The number of allylic oxidation sites excluding steroid dienone is 1. The number of nitrogens with zero attached hydrogens (tertiary/aromatic N) is 2. The number of likely N-dealkylation sites (N-methyl/N-ethyl adjacent to an activating group) is 1. The van der Waals surface area contributed by atoms with Gasteiger partial charge in [-0.25, -0.2) is 0 Å². The molecule has 10 atom stereocenters. The van der Waals surface area contributed by atoms with Crippen molar-refractivity contribution in [1.29, 1.82) is 0 Å². The van der Waals surface area contributed by atoms with Crippen LogP contribution in [-0.2, 0) is 25.7 Å². The zero-order valence-corrected chi connectivity index (χ0v) is 36.8. The van der Waals surface area contributed by atoms with Gasteiger partial charge in [-0.1, -0.05) is 76.9 Å². The monoisotopic (exact) mass is 795 g/mol. The van der Waals surface area contributed by atoms with Crippen LogP contribution < -0.4 is 0 Å². The number of carboxylic acids is 1. The smallest absolute Gasteiger partial charge is 0.309 e. The largest absolute Gasteiger partial charge is 0.481 e. The number of ether oxygens (including phenoxy) is 1. The number of aliphatic hydroxyl groups is 1. The number of carbonyl (C=O) groups is 3. The highest BCUT2D eigenvalue weighted by Gasteiger charge is 2.69. The number of benzene rings is 1. The molecule has 0 aromatic heterocycles. The van der Waals surface area contributed by atoms with Gasteiger partial charge in [0, 0.05) is 43.0 Å². The second-order valence-corrected chi connectivity index (χ2v) is 21.3. The number of aliphatic carboxylic acids is 1. The van der Waals surface area contributed by atoms with Crippen LogP contribution in [-0.4, -0.2) is 83.7 Å². The minimum Gasteiger partial charge on any atom is -0.481 e. The first-order valence-corrected chi connectivity index (χ1v) is 22.0. The molecule has 0 unspecified atom stereocenters. The first-order valence-electron chi connectivity index (χ1n) is 21.6. The SMILES string of the molecule is CC(C)C1=C2[C@H]3CC[C@@H]4[C@@]5(C)CC[C@H](OC(=O)CC(C)(C)C(=O)O)[C@H](C)[C@@H]5CC[C@@]4(C)[C@]3(C)CC[C@@]2([C@H](O)CN(CCN(C)C)Cc2ccccc2Cl)CC1=O. The molecular formula is C47H71ClN2O6. The van der Waals surface area contributed by atoms with Crippen LogP contribution in [0, 0.1) is 56.7 Å². The van der Waals surface area contributed by atoms with E-state index < -0.39 is 28.9 Å². The van der Waals surface area contributed by atoms with Gasteiger partial charge in [0.1, 0.15) is 6.10 Å². The van der Waals surface area contributed by atoms with Gasteiger partial charge in [0.05, 0.1) is 17.9 Å². The normalized spacial score (nSPS) is 36.3. The number of hydrogen-bond donors (Lipinski definition) is 2. The maximum Gasteiger partial charge on any atom is 0.309 e. The van der Waals surface area contributed by atoms with Gasteiger partial charge in [0.2, 0.25) is 0 Å². The standard InChI is InChI=1S/C47H71ClN2O6/c1-29(2)40-35(51)25-47(38(52)28-50(24-23-49(9)10)27-31-13-11-12-14-34(31)48)22-21-45(7)33(41(40)47)15-16-37-44(6)19-18-36(30(3)32(44)17-20-46(37,45)8)56-39(53)26-43(4,5)42(54)55/h11-14,29-30,32-33,36-38,52H,15-28H2,1-10H3,(H,54,55)/t30-,32+,33-,36+,37-,38-,44+,45-,46-,47+/m1/s1. The van der Waals surface area contributed by atoms with Gasteiger partial charge in [-0.2, -0.15) is 0 Å². The summed E-state index contributed by atoms with van der Waals surface area (Å²) >= 11 is 6.67. The summed E-state index contributed by atoms with van der Waals surface area (Å²) in [7, 11) is 4.15. The number of Topliss-reactive ketones (excluding diaryl/α,β-unsaturated/α-hetero) is 1. The van der Waals surface area contributed by atoms with E-state index in [1.807, 2.05) is 18.2 Å². The lowest BCUT2D eigenvalue weighted by Crippen LogP contribution is -2.65. The van der Waals surface area contributed by atoms with Gasteiger partial charge in [0.15, 0.2) is 5.78 Å². The van der Waals surface area contributed by atoms with Crippen molar-refractivity contribution < 1.29 is 29.3 Å². The summed E-state index contributed by atoms with van der Waals surface area (Å²) in [5, 5.41) is 23.0. The molecule has 4 saturated carbocycles. The molecule has 5 aliphatic rings. The number of carbonyl (C=O) groups excluding carboxylic acids is 2. The number of fused-ring (bicyclic) bond motifs is 7. The highest BCUT2D eigenvalue weighted by atomic mass is 35.5. The molecule has 0 radical (unpaired) electrons. The Morgan fingerprint density at radius 3 is 2.32 bits per heavy atom. The van der Waals surface area contributed by atoms with E-state index in [0.29, 0.717) is 31.3 Å². The van der Waals surface area contributed by atoms with E-state index in [0.717, 1.165) is 80.6 Å². The minimum atomic E-state index is -1.16. The average Bonchev–Trinajstić information content (AvgIpc) is 3.42. The predicted octanol–water partition coefficient (Wildman–Crippen LogP) is 9.07. The number of carboxylic acid groups (broad SMARTS) is 1. The van der Waals surface area contributed by atoms with E-state index in [2.05, 4.69) is 71.5 Å². The number of halogens is 1. The van der Waals surface area contributed by atoms with Crippen LogP contribution in [0.1, 0.15) is 125 Å². The molecular weight excluding hydrogens is 724 g/mol. The Morgan fingerprint density at radius 1 is 0.982 bits per heavy atom. The third-order valence-electron chi connectivity index (χ3n) is 16.7. The molecule has 5 aliphatic carbocycles. The van der Waals surface area contributed by atoms with Gasteiger partial charge >= 0.3 is 11.9 Å². The Balaban J connectivity index is 1.27. The quantitative estimate of drug-likeness (QED) is 0.191.